The van der Waals surface area contributed by atoms with E-state index < -0.39 is 0 Å². The zero-order chi connectivity index (χ0) is 25.3. The second kappa shape index (κ2) is 12.7. The van der Waals surface area contributed by atoms with Crippen molar-refractivity contribution < 1.29 is 19.1 Å². The first kappa shape index (κ1) is 25.9. The fourth-order valence-corrected chi connectivity index (χ4v) is 5.28. The van der Waals surface area contributed by atoms with Gasteiger partial charge in [0.25, 0.3) is 0 Å². The van der Waals surface area contributed by atoms with Gasteiger partial charge in [-0.25, -0.2) is 0 Å². The Bertz CT molecular complexity index is 1120. The largest absolute Gasteiger partial charge is 0.497 e. The molecule has 0 radical (unpaired) electrons. The van der Waals surface area contributed by atoms with Crippen molar-refractivity contribution in [1.82, 2.24) is 9.80 Å². The lowest BCUT2D eigenvalue weighted by Gasteiger charge is -2.29. The van der Waals surface area contributed by atoms with E-state index in [0.717, 1.165) is 34.6 Å². The van der Waals surface area contributed by atoms with Crippen LogP contribution in [-0.2, 0) is 33.8 Å². The molecule has 0 aliphatic carbocycles. The SMILES string of the molecule is COc1ccc(CC(=O)N(CC(=O)N(Cc2ccccc2)Cc2sccc2C)CC2CCCO2)cc1. The van der Waals surface area contributed by atoms with Gasteiger partial charge in [0.15, 0.2) is 0 Å². The maximum Gasteiger partial charge on any atom is 0.242 e. The van der Waals surface area contributed by atoms with Gasteiger partial charge in [-0.1, -0.05) is 42.5 Å². The molecule has 1 saturated heterocycles. The molecule has 36 heavy (non-hydrogen) atoms. The molecule has 4 rings (SSSR count). The molecule has 2 heterocycles. The molecule has 7 heteroatoms. The average Bonchev–Trinajstić information content (AvgIpc) is 3.56. The first-order chi connectivity index (χ1) is 17.5. The van der Waals surface area contributed by atoms with Crippen molar-refractivity contribution in [3.8, 4) is 5.75 Å². The number of nitrogens with zero attached hydrogens (tertiary/aromatic N) is 2. The van der Waals surface area contributed by atoms with Crippen molar-refractivity contribution in [3.05, 3.63) is 87.6 Å². The van der Waals surface area contributed by atoms with E-state index in [0.29, 0.717) is 26.2 Å². The van der Waals surface area contributed by atoms with Gasteiger partial charge in [-0.15, -0.1) is 11.3 Å². The minimum atomic E-state index is -0.0732. The number of hydrogen-bond acceptors (Lipinski definition) is 5. The monoisotopic (exact) mass is 506 g/mol. The molecule has 1 aliphatic rings. The van der Waals surface area contributed by atoms with Crippen molar-refractivity contribution in [2.24, 2.45) is 0 Å². The lowest BCUT2D eigenvalue weighted by Crippen LogP contribution is -2.45. The smallest absolute Gasteiger partial charge is 0.242 e. The summed E-state index contributed by atoms with van der Waals surface area (Å²) in [5, 5.41) is 2.05. The number of carbonyl (C=O) groups excluding carboxylic acids is 2. The summed E-state index contributed by atoms with van der Waals surface area (Å²) < 4.78 is 11.0. The van der Waals surface area contributed by atoms with Gasteiger partial charge in [0.2, 0.25) is 11.8 Å². The molecule has 1 aromatic heterocycles. The molecule has 2 aromatic carbocycles. The minimum Gasteiger partial charge on any atom is -0.497 e. The van der Waals surface area contributed by atoms with Crippen LogP contribution in [-0.4, -0.2) is 54.5 Å². The molecule has 0 N–H and O–H groups in total. The maximum absolute atomic E-state index is 13.7. The molecule has 1 unspecified atom stereocenters. The number of carbonyl (C=O) groups is 2. The topological polar surface area (TPSA) is 59.1 Å². The van der Waals surface area contributed by atoms with Crippen LogP contribution in [0.25, 0.3) is 0 Å². The van der Waals surface area contributed by atoms with Crippen LogP contribution in [0.1, 0.15) is 34.4 Å². The standard InChI is InChI=1S/C29H34N2O4S/c1-22-14-16-36-27(22)20-30(18-24-7-4-3-5-8-24)29(33)21-31(19-26-9-6-15-35-26)28(32)17-23-10-12-25(34-2)13-11-23/h3-5,7-8,10-14,16,26H,6,9,15,17-21H2,1-2H3. The number of thiophene rings is 1. The van der Waals surface area contributed by atoms with Crippen molar-refractivity contribution in [1.29, 1.82) is 0 Å². The van der Waals surface area contributed by atoms with Gasteiger partial charge in [0.05, 0.1) is 32.7 Å². The number of ether oxygens (including phenoxy) is 2. The van der Waals surface area contributed by atoms with E-state index in [1.54, 1.807) is 23.3 Å². The number of rotatable bonds is 11. The highest BCUT2D eigenvalue weighted by molar-refractivity contribution is 7.10. The van der Waals surface area contributed by atoms with Gasteiger partial charge in [-0.05, 0) is 60.0 Å². The van der Waals surface area contributed by atoms with E-state index in [1.165, 1.54) is 5.56 Å². The predicted octanol–water partition coefficient (Wildman–Crippen LogP) is 4.84. The van der Waals surface area contributed by atoms with E-state index >= 15 is 0 Å². The summed E-state index contributed by atoms with van der Waals surface area (Å²) in [4.78, 5) is 31.8. The molecule has 0 saturated carbocycles. The Morgan fingerprint density at radius 3 is 2.39 bits per heavy atom. The van der Waals surface area contributed by atoms with Crippen molar-refractivity contribution in [3.63, 3.8) is 0 Å². The zero-order valence-corrected chi connectivity index (χ0v) is 21.8. The van der Waals surface area contributed by atoms with Crippen molar-refractivity contribution in [2.75, 3.05) is 26.8 Å². The lowest BCUT2D eigenvalue weighted by atomic mass is 10.1. The molecule has 190 valence electrons. The minimum absolute atomic E-state index is 0.0280. The Hall–Kier alpha value is -3.16. The summed E-state index contributed by atoms with van der Waals surface area (Å²) in [7, 11) is 1.62. The third-order valence-corrected chi connectivity index (χ3v) is 7.52. The van der Waals surface area contributed by atoms with Gasteiger partial charge in [0.1, 0.15) is 5.75 Å². The molecular weight excluding hydrogens is 472 g/mol. The second-order valence-electron chi connectivity index (χ2n) is 9.20. The van der Waals surface area contributed by atoms with Crippen LogP contribution in [0, 0.1) is 6.92 Å². The van der Waals surface area contributed by atoms with Crippen LogP contribution in [0.15, 0.2) is 66.0 Å². The third-order valence-electron chi connectivity index (χ3n) is 6.51. The highest BCUT2D eigenvalue weighted by Gasteiger charge is 2.27. The van der Waals surface area contributed by atoms with E-state index in [2.05, 4.69) is 18.4 Å². The molecular formula is C29H34N2O4S. The molecule has 2 amide bonds. The number of methoxy groups -OCH3 is 1. The predicted molar refractivity (Wildman–Crippen MR) is 142 cm³/mol. The van der Waals surface area contributed by atoms with Crippen LogP contribution < -0.4 is 4.74 Å². The molecule has 6 nitrogen and oxygen atoms in total. The Kier molecular flexibility index (Phi) is 9.14. The zero-order valence-electron chi connectivity index (χ0n) is 21.0. The molecule has 0 bridgehead atoms. The summed E-state index contributed by atoms with van der Waals surface area (Å²) in [6.07, 6.45) is 2.09. The fraction of sp³-hybridized carbons (Fsp3) is 0.379. The maximum atomic E-state index is 13.7. The summed E-state index contributed by atoms with van der Waals surface area (Å²) in [6, 6.07) is 19.6. The van der Waals surface area contributed by atoms with E-state index in [9.17, 15) is 9.59 Å². The average molecular weight is 507 g/mol. The van der Waals surface area contributed by atoms with Gasteiger partial charge in [-0.3, -0.25) is 9.59 Å². The summed E-state index contributed by atoms with van der Waals surface area (Å²) in [5.74, 6) is 0.613. The molecule has 0 spiro atoms. The summed E-state index contributed by atoms with van der Waals surface area (Å²) >= 11 is 1.66. The number of aryl methyl sites for hydroxylation is 1. The molecule has 1 aliphatic heterocycles. The highest BCUT2D eigenvalue weighted by atomic mass is 32.1. The van der Waals surface area contributed by atoms with Crippen LogP contribution in [0.2, 0.25) is 0 Å². The van der Waals surface area contributed by atoms with E-state index in [4.69, 9.17) is 9.47 Å². The van der Waals surface area contributed by atoms with Gasteiger partial charge >= 0.3 is 0 Å². The summed E-state index contributed by atoms with van der Waals surface area (Å²) in [5.41, 5.74) is 3.13. The van der Waals surface area contributed by atoms with Crippen LogP contribution in [0.4, 0.5) is 0 Å². The van der Waals surface area contributed by atoms with Crippen LogP contribution >= 0.6 is 11.3 Å². The van der Waals surface area contributed by atoms with Crippen LogP contribution in [0.3, 0.4) is 0 Å². The Morgan fingerprint density at radius 2 is 1.75 bits per heavy atom. The third kappa shape index (κ3) is 7.18. The quantitative estimate of drug-likeness (QED) is 0.373. The summed E-state index contributed by atoms with van der Waals surface area (Å²) in [6.45, 7) is 4.26. The van der Waals surface area contributed by atoms with Gasteiger partial charge in [-0.2, -0.15) is 0 Å². The molecule has 1 atom stereocenters. The van der Waals surface area contributed by atoms with Gasteiger partial charge < -0.3 is 19.3 Å². The number of hydrogen-bond donors (Lipinski definition) is 0. The van der Waals surface area contributed by atoms with Crippen LogP contribution in [0.5, 0.6) is 5.75 Å². The number of benzene rings is 2. The Balaban J connectivity index is 1.50. The van der Waals surface area contributed by atoms with Gasteiger partial charge in [0, 0.05) is 24.6 Å². The highest BCUT2D eigenvalue weighted by Crippen LogP contribution is 2.21. The first-order valence-electron chi connectivity index (χ1n) is 12.4. The van der Waals surface area contributed by atoms with E-state index in [1.807, 2.05) is 59.5 Å². The fourth-order valence-electron chi connectivity index (χ4n) is 4.36. The second-order valence-corrected chi connectivity index (χ2v) is 10.2. The lowest BCUT2D eigenvalue weighted by molar-refractivity contribution is -0.142. The normalized spacial score (nSPS) is 15.0. The Morgan fingerprint density at radius 1 is 0.972 bits per heavy atom. The first-order valence-corrected chi connectivity index (χ1v) is 13.3. The van der Waals surface area contributed by atoms with Crippen molar-refractivity contribution in [2.45, 2.75) is 45.4 Å². The van der Waals surface area contributed by atoms with E-state index in [-0.39, 0.29) is 30.9 Å². The molecule has 3 aromatic rings. The number of amides is 2. The van der Waals surface area contributed by atoms with Crippen molar-refractivity contribution >= 4 is 23.2 Å². The molecule has 1 fully saturated rings. The Labute approximate surface area is 217 Å².